The smallest absolute Gasteiger partial charge is 0.151 e. The molecule has 3 nitrogen and oxygen atoms in total. The number of hydrogen-bond donors (Lipinski definition) is 0. The average Bonchev–Trinajstić information content (AvgIpc) is 2.01. The lowest BCUT2D eigenvalue weighted by molar-refractivity contribution is -0.372. The van der Waals surface area contributed by atoms with E-state index in [1.807, 2.05) is 13.8 Å². The molecule has 0 rings (SSSR count). The molecule has 3 heteroatoms. The van der Waals surface area contributed by atoms with Crippen molar-refractivity contribution in [1.82, 2.24) is 4.90 Å². The normalized spacial score (nSPS) is 14.6. The monoisotopic (exact) mass is 216 g/mol. The summed E-state index contributed by atoms with van der Waals surface area (Å²) >= 11 is 0. The molecule has 0 saturated heterocycles. The van der Waals surface area contributed by atoms with Crippen LogP contribution in [0, 0.1) is 17.8 Å². The van der Waals surface area contributed by atoms with Crippen LogP contribution in [0.4, 0.5) is 0 Å². The van der Waals surface area contributed by atoms with Gasteiger partial charge in [0.15, 0.2) is 6.23 Å². The maximum Gasteiger partial charge on any atom is 0.151 e. The van der Waals surface area contributed by atoms with Crippen molar-refractivity contribution in [3.05, 3.63) is 0 Å². The molecular formula is C12H26NO2. The van der Waals surface area contributed by atoms with Crippen molar-refractivity contribution < 1.29 is 10.1 Å². The summed E-state index contributed by atoms with van der Waals surface area (Å²) in [5.74, 6) is 1.35. The van der Waals surface area contributed by atoms with Crippen molar-refractivity contribution >= 4 is 0 Å². The van der Waals surface area contributed by atoms with Crippen molar-refractivity contribution in [1.29, 1.82) is 0 Å². The lowest BCUT2D eigenvalue weighted by Gasteiger charge is -2.33. The summed E-state index contributed by atoms with van der Waals surface area (Å²) in [7, 11) is 0. The van der Waals surface area contributed by atoms with Gasteiger partial charge in [-0.2, -0.15) is 4.89 Å². The van der Waals surface area contributed by atoms with Crippen LogP contribution >= 0.6 is 0 Å². The first-order valence-corrected chi connectivity index (χ1v) is 5.91. The first kappa shape index (κ1) is 14.9. The fraction of sp³-hybridized carbons (Fsp3) is 1.00. The summed E-state index contributed by atoms with van der Waals surface area (Å²) < 4.78 is 0. The lowest BCUT2D eigenvalue weighted by Crippen LogP contribution is -2.44. The van der Waals surface area contributed by atoms with Crippen LogP contribution < -0.4 is 0 Å². The highest BCUT2D eigenvalue weighted by molar-refractivity contribution is 4.68. The van der Waals surface area contributed by atoms with Gasteiger partial charge in [-0.05, 0) is 23.0 Å². The van der Waals surface area contributed by atoms with Gasteiger partial charge in [-0.1, -0.05) is 41.5 Å². The Kier molecular flexibility index (Phi) is 7.14. The lowest BCUT2D eigenvalue weighted by atomic mass is 10.1. The summed E-state index contributed by atoms with van der Waals surface area (Å²) in [6.45, 7) is 14.5. The molecule has 0 fully saturated rings. The topological polar surface area (TPSA) is 32.4 Å². The van der Waals surface area contributed by atoms with Crippen molar-refractivity contribution in [3.8, 4) is 0 Å². The summed E-state index contributed by atoms with van der Waals surface area (Å²) in [5.41, 5.74) is 0. The Morgan fingerprint density at radius 3 is 1.53 bits per heavy atom. The zero-order valence-electron chi connectivity index (χ0n) is 11.0. The third-order valence-corrected chi connectivity index (χ3v) is 2.23. The second kappa shape index (κ2) is 7.20. The molecule has 1 radical (unpaired) electrons. The van der Waals surface area contributed by atoms with Gasteiger partial charge in [0.25, 0.3) is 0 Å². The minimum Gasteiger partial charge on any atom is -0.275 e. The van der Waals surface area contributed by atoms with Gasteiger partial charge in [0.2, 0.25) is 0 Å². The first-order valence-electron chi connectivity index (χ1n) is 5.91. The Bertz CT molecular complexity index is 148. The molecule has 0 spiro atoms. The van der Waals surface area contributed by atoms with E-state index in [1.54, 1.807) is 0 Å². The van der Waals surface area contributed by atoms with Gasteiger partial charge in [0, 0.05) is 13.1 Å². The minimum atomic E-state index is -0.296. The van der Waals surface area contributed by atoms with Crippen LogP contribution in [0.25, 0.3) is 0 Å². The first-order chi connectivity index (χ1) is 6.88. The van der Waals surface area contributed by atoms with E-state index in [0.29, 0.717) is 11.8 Å². The SMILES string of the molecule is CC(C)CN(CC(C)C)C(O[O])C(C)C. The molecule has 1 unspecified atom stereocenters. The second-order valence-corrected chi connectivity index (χ2v) is 5.47. The molecule has 0 aliphatic carbocycles. The summed E-state index contributed by atoms with van der Waals surface area (Å²) in [6.07, 6.45) is -0.296. The van der Waals surface area contributed by atoms with Gasteiger partial charge in [-0.25, -0.2) is 0 Å². The van der Waals surface area contributed by atoms with Gasteiger partial charge in [0.1, 0.15) is 0 Å². The van der Waals surface area contributed by atoms with Gasteiger partial charge in [-0.3, -0.25) is 4.90 Å². The molecule has 15 heavy (non-hydrogen) atoms. The molecule has 0 aliphatic rings. The zero-order chi connectivity index (χ0) is 12.0. The van der Waals surface area contributed by atoms with Crippen LogP contribution in [0.1, 0.15) is 41.5 Å². The van der Waals surface area contributed by atoms with Crippen LogP contribution in [0.15, 0.2) is 0 Å². The highest BCUT2D eigenvalue weighted by Crippen LogP contribution is 2.15. The Morgan fingerprint density at radius 2 is 1.33 bits per heavy atom. The quantitative estimate of drug-likeness (QED) is 0.372. The molecule has 0 amide bonds. The Hall–Kier alpha value is -0.120. The fourth-order valence-electron chi connectivity index (χ4n) is 1.81. The average molecular weight is 216 g/mol. The van der Waals surface area contributed by atoms with E-state index in [-0.39, 0.29) is 12.1 Å². The maximum absolute atomic E-state index is 10.7. The standard InChI is InChI=1S/C12H26NO2/c1-9(2)7-13(8-10(3)4)12(15-14)11(5)6/h9-12H,7-8H2,1-6H3. The van der Waals surface area contributed by atoms with Crippen LogP contribution in [0.2, 0.25) is 0 Å². The molecule has 0 heterocycles. The van der Waals surface area contributed by atoms with Crippen molar-refractivity contribution in [2.75, 3.05) is 13.1 Å². The van der Waals surface area contributed by atoms with E-state index in [9.17, 15) is 5.26 Å². The summed E-state index contributed by atoms with van der Waals surface area (Å²) in [5, 5.41) is 10.7. The molecule has 1 atom stereocenters. The van der Waals surface area contributed by atoms with E-state index < -0.39 is 0 Å². The predicted molar refractivity (Wildman–Crippen MR) is 61.6 cm³/mol. The molecule has 0 N–H and O–H groups in total. The molecule has 0 aromatic rings. The van der Waals surface area contributed by atoms with Crippen molar-refractivity contribution in [2.45, 2.75) is 47.8 Å². The van der Waals surface area contributed by atoms with Crippen LogP contribution in [-0.2, 0) is 10.1 Å². The summed E-state index contributed by atoms with van der Waals surface area (Å²) in [4.78, 5) is 6.51. The highest BCUT2D eigenvalue weighted by Gasteiger charge is 2.24. The molecule has 91 valence electrons. The Balaban J connectivity index is 4.43. The van der Waals surface area contributed by atoms with Gasteiger partial charge < -0.3 is 0 Å². The van der Waals surface area contributed by atoms with E-state index in [2.05, 4.69) is 37.5 Å². The molecule has 0 aromatic heterocycles. The van der Waals surface area contributed by atoms with Gasteiger partial charge >= 0.3 is 0 Å². The molecule has 0 bridgehead atoms. The Labute approximate surface area is 94.4 Å². The summed E-state index contributed by atoms with van der Waals surface area (Å²) in [6, 6.07) is 0. The number of rotatable bonds is 7. The van der Waals surface area contributed by atoms with E-state index >= 15 is 0 Å². The Morgan fingerprint density at radius 1 is 0.933 bits per heavy atom. The molecule has 0 saturated carbocycles. The molecule has 0 aliphatic heterocycles. The van der Waals surface area contributed by atoms with Crippen LogP contribution in [0.3, 0.4) is 0 Å². The van der Waals surface area contributed by atoms with Gasteiger partial charge in [-0.15, -0.1) is 0 Å². The van der Waals surface area contributed by atoms with Crippen LogP contribution in [0.5, 0.6) is 0 Å². The number of hydrogen-bond acceptors (Lipinski definition) is 2. The predicted octanol–water partition coefficient (Wildman–Crippen LogP) is 2.94. The third-order valence-electron chi connectivity index (χ3n) is 2.23. The zero-order valence-corrected chi connectivity index (χ0v) is 11.0. The molecule has 0 aromatic carbocycles. The van der Waals surface area contributed by atoms with Gasteiger partial charge in [0.05, 0.1) is 0 Å². The largest absolute Gasteiger partial charge is 0.275 e. The van der Waals surface area contributed by atoms with Crippen molar-refractivity contribution in [2.24, 2.45) is 17.8 Å². The van der Waals surface area contributed by atoms with E-state index in [1.165, 1.54) is 0 Å². The highest BCUT2D eigenvalue weighted by atomic mass is 17.1. The third kappa shape index (κ3) is 6.13. The van der Waals surface area contributed by atoms with E-state index in [4.69, 9.17) is 0 Å². The van der Waals surface area contributed by atoms with Crippen LogP contribution in [-0.4, -0.2) is 24.2 Å². The minimum absolute atomic E-state index is 0.236. The second-order valence-electron chi connectivity index (χ2n) is 5.47. The fourth-order valence-corrected chi connectivity index (χ4v) is 1.81. The van der Waals surface area contributed by atoms with Crippen molar-refractivity contribution in [3.63, 3.8) is 0 Å². The maximum atomic E-state index is 10.7. The van der Waals surface area contributed by atoms with E-state index in [0.717, 1.165) is 13.1 Å². The number of nitrogens with zero attached hydrogens (tertiary/aromatic N) is 1. The molecular weight excluding hydrogens is 190 g/mol.